The van der Waals surface area contributed by atoms with E-state index in [-0.39, 0.29) is 51.0 Å². The second-order valence-corrected chi connectivity index (χ2v) is 20.3. The van der Waals surface area contributed by atoms with Crippen molar-refractivity contribution in [1.29, 1.82) is 0 Å². The molecule has 17 heteroatoms. The Balaban J connectivity index is 1.14. The van der Waals surface area contributed by atoms with E-state index in [1.807, 2.05) is 91.0 Å². The van der Waals surface area contributed by atoms with Crippen LogP contribution in [-0.4, -0.2) is 97.6 Å². The summed E-state index contributed by atoms with van der Waals surface area (Å²) in [5.74, 6) is -3.24. The molecule has 2 heterocycles. The van der Waals surface area contributed by atoms with Gasteiger partial charge in [0.15, 0.2) is 12.6 Å². The Morgan fingerprint density at radius 2 is 1.18 bits per heavy atom. The van der Waals surface area contributed by atoms with Crippen molar-refractivity contribution in [3.8, 4) is 0 Å². The normalized spacial score (nSPS) is 20.1. The Kier molecular flexibility index (Phi) is 28.8. The Labute approximate surface area is 456 Å². The number of nitrogens with two attached hydrogens (primary N) is 1. The molecule has 0 spiro atoms. The number of ether oxygens (including phenoxy) is 7. The zero-order valence-electron chi connectivity index (χ0n) is 45.7. The summed E-state index contributed by atoms with van der Waals surface area (Å²) in [6.07, 6.45) is 12.0. The Morgan fingerprint density at radius 3 is 1.81 bits per heavy atom. The second kappa shape index (κ2) is 35.6. The Bertz CT molecular complexity index is 2190. The smallest absolute Gasteiger partial charge is 0.306 e. The van der Waals surface area contributed by atoms with Gasteiger partial charge in [-0.15, -0.1) is 0 Å². The van der Waals surface area contributed by atoms with Crippen molar-refractivity contribution in [3.63, 3.8) is 0 Å². The van der Waals surface area contributed by atoms with Crippen LogP contribution >= 0.6 is 0 Å². The number of fused-ring (bicyclic) bond motifs is 1. The number of hydrogen-bond acceptors (Lipinski definition) is 13. The lowest BCUT2D eigenvalue weighted by Crippen LogP contribution is -2.68. The van der Waals surface area contributed by atoms with Gasteiger partial charge in [0.25, 0.3) is 0 Å². The molecule has 424 valence electrons. The highest BCUT2D eigenvalue weighted by Crippen LogP contribution is 2.36. The number of rotatable bonds is 37. The number of esters is 2. The largest absolute Gasteiger partial charge is 0.466 e. The summed E-state index contributed by atoms with van der Waals surface area (Å²) in [5.41, 5.74) is 8.01. The summed E-state index contributed by atoms with van der Waals surface area (Å²) in [5, 5.41) is 8.31. The number of carbonyl (C=O) groups excluding carboxylic acids is 6. The van der Waals surface area contributed by atoms with E-state index in [4.69, 9.17) is 38.9 Å². The number of carbonyl (C=O) groups is 6. The first-order chi connectivity index (χ1) is 37.4. The molecule has 0 aromatic heterocycles. The predicted molar refractivity (Wildman–Crippen MR) is 290 cm³/mol. The van der Waals surface area contributed by atoms with E-state index in [0.717, 1.165) is 61.6 Å². The number of unbranched alkanes of at least 4 members (excludes halogenated alkanes) is 14. The van der Waals surface area contributed by atoms with E-state index >= 15 is 0 Å². The molecule has 77 heavy (non-hydrogen) atoms. The fourth-order valence-electron chi connectivity index (χ4n) is 9.28. The van der Waals surface area contributed by atoms with Crippen LogP contribution in [0.1, 0.15) is 172 Å². The Hall–Kier alpha value is -5.72. The van der Waals surface area contributed by atoms with Gasteiger partial charge in [0.1, 0.15) is 49.1 Å². The maximum absolute atomic E-state index is 13.9. The maximum Gasteiger partial charge on any atom is 0.306 e. The third-order valence-electron chi connectivity index (χ3n) is 13.8. The van der Waals surface area contributed by atoms with Crippen LogP contribution in [0.25, 0.3) is 0 Å². The summed E-state index contributed by atoms with van der Waals surface area (Å²) in [7, 11) is 0. The van der Waals surface area contributed by atoms with Crippen LogP contribution in [0, 0.1) is 0 Å². The van der Waals surface area contributed by atoms with Crippen molar-refractivity contribution < 1.29 is 61.9 Å². The van der Waals surface area contributed by atoms with E-state index in [9.17, 15) is 28.8 Å². The summed E-state index contributed by atoms with van der Waals surface area (Å²) >= 11 is 0. The van der Waals surface area contributed by atoms with Gasteiger partial charge in [-0.25, -0.2) is 0 Å². The van der Waals surface area contributed by atoms with E-state index in [2.05, 4.69) is 22.9 Å². The first-order valence-electron chi connectivity index (χ1n) is 28.2. The monoisotopic (exact) mass is 1070 g/mol. The van der Waals surface area contributed by atoms with E-state index in [1.165, 1.54) is 65.2 Å². The number of hydrogen-bond donors (Lipinski definition) is 4. The molecule has 5 N–H and O–H groups in total. The molecule has 2 aliphatic heterocycles. The van der Waals surface area contributed by atoms with Gasteiger partial charge in [-0.2, -0.15) is 0 Å². The molecule has 0 radical (unpaired) electrons. The molecule has 5 rings (SSSR count). The molecular weight excluding hydrogens is 985 g/mol. The van der Waals surface area contributed by atoms with Crippen molar-refractivity contribution in [2.24, 2.45) is 5.73 Å². The van der Waals surface area contributed by atoms with Crippen molar-refractivity contribution in [3.05, 3.63) is 108 Å². The van der Waals surface area contributed by atoms with Crippen molar-refractivity contribution in [2.75, 3.05) is 13.2 Å². The van der Waals surface area contributed by atoms with Crippen LogP contribution in [0.3, 0.4) is 0 Å². The number of benzene rings is 3. The lowest BCUT2D eigenvalue weighted by Gasteiger charge is -2.49. The van der Waals surface area contributed by atoms with Crippen molar-refractivity contribution in [1.82, 2.24) is 16.0 Å². The topological polar surface area (TPSA) is 229 Å². The van der Waals surface area contributed by atoms with Crippen LogP contribution in [-0.2, 0) is 75.1 Å². The van der Waals surface area contributed by atoms with Crippen LogP contribution in [0.5, 0.6) is 0 Å². The van der Waals surface area contributed by atoms with Gasteiger partial charge in [0.2, 0.25) is 23.6 Å². The second-order valence-electron chi connectivity index (χ2n) is 20.3. The van der Waals surface area contributed by atoms with Crippen LogP contribution in [0.2, 0.25) is 0 Å². The molecule has 4 amide bonds. The average molecular weight is 1070 g/mol. The molecule has 3 aromatic rings. The molecule has 0 saturated carbocycles. The lowest BCUT2D eigenvalue weighted by molar-refractivity contribution is -0.351. The standard InChI is InChI=1S/C60H86N4O13/c1-4-5-6-7-8-9-10-11-12-15-27-36-51(66)71-39-28-16-13-14-26-35-50(65)64-53-55(54-49(42-74-59(77-54)47-33-24-19-25-34-47)76-60(53)73-41-46-31-22-18-23-32-46)75-44(3)58(70)62-43(2)57(69)63-48(56(61)68)37-38-52(67)72-40-45-29-20-17-21-30-45/h17-25,29-34,43-44,48-49,53-55,59-60H,4-16,26-28,35-42H2,1-3H3,(H2,61,68)(H,62,70)(H,63,69)(H,64,65)/t43?,44?,48?,49-,53-,54-,55-,59-,60?/m1/s1. The van der Waals surface area contributed by atoms with Gasteiger partial charge < -0.3 is 54.8 Å². The highest BCUT2D eigenvalue weighted by atomic mass is 16.8. The quantitative estimate of drug-likeness (QED) is 0.0313. The Morgan fingerprint density at radius 1 is 0.623 bits per heavy atom. The molecule has 2 aliphatic rings. The van der Waals surface area contributed by atoms with Gasteiger partial charge in [0.05, 0.1) is 19.8 Å². The summed E-state index contributed by atoms with van der Waals surface area (Å²) < 4.78 is 43.1. The molecule has 0 bridgehead atoms. The molecule has 0 aliphatic carbocycles. The van der Waals surface area contributed by atoms with E-state index in [1.54, 1.807) is 0 Å². The molecule has 17 nitrogen and oxygen atoms in total. The maximum atomic E-state index is 13.9. The fourth-order valence-corrected chi connectivity index (χ4v) is 9.28. The van der Waals surface area contributed by atoms with Crippen LogP contribution in [0.4, 0.5) is 0 Å². The average Bonchev–Trinajstić information content (AvgIpc) is 3.44. The fraction of sp³-hybridized carbons (Fsp3) is 0.600. The number of primary amides is 1. The molecule has 3 aromatic carbocycles. The van der Waals surface area contributed by atoms with Crippen LogP contribution in [0.15, 0.2) is 91.0 Å². The number of amides is 4. The molecule has 2 saturated heterocycles. The zero-order chi connectivity index (χ0) is 55.0. The van der Waals surface area contributed by atoms with Gasteiger partial charge in [0, 0.05) is 24.8 Å². The summed E-state index contributed by atoms with van der Waals surface area (Å²) in [6.45, 7) is 5.85. The summed E-state index contributed by atoms with van der Waals surface area (Å²) in [4.78, 5) is 78.4. The lowest BCUT2D eigenvalue weighted by atomic mass is 9.94. The molecule has 2 fully saturated rings. The summed E-state index contributed by atoms with van der Waals surface area (Å²) in [6, 6.07) is 24.6. The van der Waals surface area contributed by atoms with E-state index < -0.39 is 78.8 Å². The predicted octanol–water partition coefficient (Wildman–Crippen LogP) is 8.88. The highest BCUT2D eigenvalue weighted by molar-refractivity contribution is 5.92. The minimum absolute atomic E-state index is 0.0520. The molecule has 4 unspecified atom stereocenters. The number of nitrogens with one attached hydrogen (secondary N) is 3. The molecule has 9 atom stereocenters. The van der Waals surface area contributed by atoms with Crippen LogP contribution < -0.4 is 21.7 Å². The first kappa shape index (κ1) is 62.1. The van der Waals surface area contributed by atoms with Crippen molar-refractivity contribution >= 4 is 35.6 Å². The van der Waals surface area contributed by atoms with Gasteiger partial charge in [-0.05, 0) is 50.7 Å². The van der Waals surface area contributed by atoms with E-state index in [0.29, 0.717) is 19.4 Å². The highest BCUT2D eigenvalue weighted by Gasteiger charge is 2.52. The first-order valence-corrected chi connectivity index (χ1v) is 28.2. The minimum atomic E-state index is -1.22. The van der Waals surface area contributed by atoms with Crippen molar-refractivity contribution in [2.45, 2.75) is 218 Å². The van der Waals surface area contributed by atoms with Gasteiger partial charge in [-0.1, -0.05) is 181 Å². The third kappa shape index (κ3) is 23.4. The third-order valence-corrected chi connectivity index (χ3v) is 13.8. The van der Waals surface area contributed by atoms with Gasteiger partial charge in [-0.3, -0.25) is 28.8 Å². The molecular formula is C60H86N4O13. The SMILES string of the molecule is CCCCCCCCCCCCCC(=O)OCCCCCCCC(=O)N[C@H]1C(OCc2ccccc2)O[C@@H]2CO[C@@H](c3ccccc3)O[C@H]2[C@@H]1OC(C)C(=O)NC(C)C(=O)NC(CCC(=O)OCc1ccccc1)C(N)=O. The zero-order valence-corrected chi connectivity index (χ0v) is 45.7. The minimum Gasteiger partial charge on any atom is -0.466 e. The van der Waals surface area contributed by atoms with Gasteiger partial charge >= 0.3 is 11.9 Å².